The zero-order chi connectivity index (χ0) is 17.9. The second kappa shape index (κ2) is 6.60. The molecule has 0 bridgehead atoms. The molecule has 2 rings (SSSR count). The minimum absolute atomic E-state index is 0.0879. The summed E-state index contributed by atoms with van der Waals surface area (Å²) >= 11 is 0. The molecular formula is C14H16F3N6O+. The van der Waals surface area contributed by atoms with Gasteiger partial charge in [0.1, 0.15) is 0 Å². The molecule has 0 atom stereocenters. The molecule has 0 saturated heterocycles. The van der Waals surface area contributed by atoms with Gasteiger partial charge in [0.15, 0.2) is 5.69 Å². The van der Waals surface area contributed by atoms with Gasteiger partial charge in [-0.25, -0.2) is 9.98 Å². The van der Waals surface area contributed by atoms with E-state index in [1.165, 1.54) is 0 Å². The lowest BCUT2D eigenvalue weighted by Gasteiger charge is -2.12. The van der Waals surface area contributed by atoms with Crippen LogP contribution in [0.2, 0.25) is 0 Å². The summed E-state index contributed by atoms with van der Waals surface area (Å²) in [7, 11) is 3.78. The Kier molecular flexibility index (Phi) is 4.77. The molecule has 0 aliphatic carbocycles. The highest BCUT2D eigenvalue weighted by molar-refractivity contribution is 5.88. The Hall–Kier alpha value is -3.04. The highest BCUT2D eigenvalue weighted by Crippen LogP contribution is 2.26. The van der Waals surface area contributed by atoms with E-state index in [2.05, 4.69) is 20.3 Å². The van der Waals surface area contributed by atoms with Gasteiger partial charge in [0.25, 0.3) is 11.5 Å². The van der Waals surface area contributed by atoms with E-state index in [-0.39, 0.29) is 5.96 Å². The van der Waals surface area contributed by atoms with Crippen molar-refractivity contribution >= 4 is 23.3 Å². The summed E-state index contributed by atoms with van der Waals surface area (Å²) in [6.45, 7) is 0. The predicted molar refractivity (Wildman–Crippen MR) is 84.1 cm³/mol. The van der Waals surface area contributed by atoms with Crippen LogP contribution in [-0.4, -0.2) is 30.0 Å². The molecule has 0 aliphatic rings. The zero-order valence-electron chi connectivity index (χ0n) is 12.9. The molecule has 1 aromatic heterocycles. The molecular weight excluding hydrogens is 325 g/mol. The molecule has 0 aliphatic heterocycles. The van der Waals surface area contributed by atoms with Crippen LogP contribution in [0.25, 0.3) is 0 Å². The molecule has 128 valence electrons. The van der Waals surface area contributed by atoms with E-state index in [1.54, 1.807) is 12.1 Å². The zero-order valence-corrected chi connectivity index (χ0v) is 12.9. The number of hydrogen-bond donors (Lipinski definition) is 4. The average Bonchev–Trinajstić information content (AvgIpc) is 2.46. The number of nitrogens with two attached hydrogens (primary N) is 1. The first-order chi connectivity index (χ1) is 11.1. The van der Waals surface area contributed by atoms with Crippen molar-refractivity contribution in [1.29, 1.82) is 0 Å². The van der Waals surface area contributed by atoms with E-state index in [1.807, 2.05) is 31.1 Å². The van der Waals surface area contributed by atoms with Crippen molar-refractivity contribution in [3.8, 4) is 0 Å². The molecule has 0 saturated carbocycles. The monoisotopic (exact) mass is 341 g/mol. The van der Waals surface area contributed by atoms with Crippen LogP contribution in [0.15, 0.2) is 35.1 Å². The summed E-state index contributed by atoms with van der Waals surface area (Å²) in [5.41, 5.74) is 5.01. The molecule has 0 unspecified atom stereocenters. The first-order valence-corrected chi connectivity index (χ1v) is 6.77. The number of nitrogens with zero attached hydrogens (tertiary/aromatic N) is 2. The van der Waals surface area contributed by atoms with E-state index in [9.17, 15) is 18.0 Å². The third-order valence-corrected chi connectivity index (χ3v) is 2.95. The van der Waals surface area contributed by atoms with Crippen molar-refractivity contribution in [2.45, 2.75) is 6.18 Å². The second-order valence-electron chi connectivity index (χ2n) is 5.08. The fraction of sp³-hybridized carbons (Fsp3) is 0.214. The highest BCUT2D eigenvalue weighted by atomic mass is 19.4. The molecule has 2 aromatic rings. The minimum Gasteiger partial charge on any atom is -0.378 e. The maximum atomic E-state index is 12.6. The summed E-state index contributed by atoms with van der Waals surface area (Å²) in [5.74, 6) is -0.500. The summed E-state index contributed by atoms with van der Waals surface area (Å²) in [6, 6.07) is 7.52. The quantitative estimate of drug-likeness (QED) is 0.465. The molecule has 10 heteroatoms. The number of nitrogens with one attached hydrogen (secondary N) is 3. The number of halogens is 3. The number of benzene rings is 1. The number of rotatable bonds is 3. The Balaban J connectivity index is 2.22. The highest BCUT2D eigenvalue weighted by Gasteiger charge is 2.35. The Labute approximate surface area is 135 Å². The average molecular weight is 341 g/mol. The van der Waals surface area contributed by atoms with Crippen molar-refractivity contribution < 1.29 is 18.2 Å². The van der Waals surface area contributed by atoms with Gasteiger partial charge in [0, 0.05) is 19.8 Å². The van der Waals surface area contributed by atoms with Gasteiger partial charge in [-0.1, -0.05) is 0 Å². The molecule has 0 fully saturated rings. The largest absolute Gasteiger partial charge is 0.443 e. The minimum atomic E-state index is -4.73. The van der Waals surface area contributed by atoms with E-state index in [0.29, 0.717) is 11.8 Å². The molecule has 7 nitrogen and oxygen atoms in total. The number of aromatic amines is 1. The first-order valence-electron chi connectivity index (χ1n) is 6.77. The number of hydrogen-bond acceptors (Lipinski definition) is 3. The Morgan fingerprint density at radius 1 is 1.29 bits per heavy atom. The topological polar surface area (TPSA) is 101 Å². The van der Waals surface area contributed by atoms with Crippen molar-refractivity contribution in [2.75, 3.05) is 24.3 Å². The van der Waals surface area contributed by atoms with Gasteiger partial charge >= 0.3 is 12.1 Å². The number of alkyl halides is 3. The molecule has 1 heterocycles. The lowest BCUT2D eigenvalue weighted by molar-refractivity contribution is -0.366. The maximum Gasteiger partial charge on any atom is 0.443 e. The summed E-state index contributed by atoms with van der Waals surface area (Å²) in [6.07, 6.45) is -4.73. The smallest absolute Gasteiger partial charge is 0.378 e. The first kappa shape index (κ1) is 17.3. The van der Waals surface area contributed by atoms with Crippen molar-refractivity contribution in [3.05, 3.63) is 46.4 Å². The van der Waals surface area contributed by atoms with Crippen LogP contribution in [0.1, 0.15) is 5.69 Å². The van der Waals surface area contributed by atoms with Crippen molar-refractivity contribution in [3.63, 3.8) is 0 Å². The fourth-order valence-corrected chi connectivity index (χ4v) is 1.82. The molecule has 24 heavy (non-hydrogen) atoms. The Morgan fingerprint density at radius 3 is 2.46 bits per heavy atom. The maximum absolute atomic E-state index is 12.6. The van der Waals surface area contributed by atoms with E-state index >= 15 is 0 Å². The number of anilines is 2. The van der Waals surface area contributed by atoms with Gasteiger partial charge in [-0.05, 0) is 24.3 Å². The lowest BCUT2D eigenvalue weighted by atomic mass is 10.2. The number of guanidine groups is 1. The van der Waals surface area contributed by atoms with Crippen LogP contribution < -0.4 is 26.5 Å². The number of H-pyrrole nitrogens is 1. The van der Waals surface area contributed by atoms with Crippen LogP contribution in [0, 0.1) is 0 Å². The van der Waals surface area contributed by atoms with Gasteiger partial charge in [-0.2, -0.15) is 13.2 Å². The van der Waals surface area contributed by atoms with Gasteiger partial charge < -0.3 is 10.6 Å². The van der Waals surface area contributed by atoms with Crippen LogP contribution in [0.5, 0.6) is 0 Å². The Bertz CT molecular complexity index is 795. The summed E-state index contributed by atoms with van der Waals surface area (Å²) in [4.78, 5) is 21.0. The fourth-order valence-electron chi connectivity index (χ4n) is 1.82. The third kappa shape index (κ3) is 4.48. The summed E-state index contributed by atoms with van der Waals surface area (Å²) < 4.78 is 37.9. The molecule has 0 radical (unpaired) electrons. The number of aromatic nitrogens is 2. The van der Waals surface area contributed by atoms with Gasteiger partial charge in [0.05, 0.1) is 11.8 Å². The van der Waals surface area contributed by atoms with Crippen molar-refractivity contribution in [1.82, 2.24) is 9.97 Å². The lowest BCUT2D eigenvalue weighted by Crippen LogP contribution is -2.73. The van der Waals surface area contributed by atoms with Gasteiger partial charge in [-0.3, -0.25) is 10.1 Å². The standard InChI is InChI=1S/C14H15F3N6O/c1-23(2)9-5-3-8(4-6-9)19-12(18)22-13-20-10(14(15,16)17)7-11(24)21-13/h3-7H,1-2H3,(H4,18,19,20,21,22,24)/p+1. The second-order valence-corrected chi connectivity index (χ2v) is 5.08. The predicted octanol–water partition coefficient (Wildman–Crippen LogP) is -0.00640. The molecule has 0 spiro atoms. The van der Waals surface area contributed by atoms with Crippen LogP contribution in [0.4, 0.5) is 30.5 Å². The van der Waals surface area contributed by atoms with E-state index in [0.717, 1.165) is 5.69 Å². The van der Waals surface area contributed by atoms with E-state index in [4.69, 9.17) is 5.73 Å². The third-order valence-electron chi connectivity index (χ3n) is 2.95. The summed E-state index contributed by atoms with van der Waals surface area (Å²) in [5, 5.41) is 2.76. The van der Waals surface area contributed by atoms with Crippen LogP contribution in [-0.2, 0) is 6.18 Å². The van der Waals surface area contributed by atoms with Gasteiger partial charge in [-0.15, -0.1) is 4.98 Å². The van der Waals surface area contributed by atoms with Crippen LogP contribution in [0.3, 0.4) is 0 Å². The van der Waals surface area contributed by atoms with E-state index < -0.39 is 23.4 Å². The normalized spacial score (nSPS) is 12.1. The Morgan fingerprint density at radius 2 is 1.92 bits per heavy atom. The van der Waals surface area contributed by atoms with Gasteiger partial charge in [0.2, 0.25) is 0 Å². The molecule has 0 amide bonds. The molecule has 5 N–H and O–H groups in total. The SMILES string of the molecule is CN(C)c1ccc(NC(N)=[NH+]c2nc(C(F)(F)F)cc(=O)[nH]2)cc1. The van der Waals surface area contributed by atoms with Crippen LogP contribution >= 0.6 is 0 Å². The molecule has 1 aromatic carbocycles. The van der Waals surface area contributed by atoms with Crippen molar-refractivity contribution in [2.24, 2.45) is 5.73 Å².